The number of anilines is 1. The van der Waals surface area contributed by atoms with Gasteiger partial charge in [0.1, 0.15) is 6.10 Å². The van der Waals surface area contributed by atoms with Crippen molar-refractivity contribution >= 4 is 28.9 Å². The molecule has 0 aliphatic carbocycles. The Morgan fingerprint density at radius 1 is 1.50 bits per heavy atom. The number of fused-ring (bicyclic) bond motifs is 1. The molecule has 0 spiro atoms. The molecule has 1 saturated heterocycles. The van der Waals surface area contributed by atoms with Gasteiger partial charge in [-0.3, -0.25) is 14.3 Å². The zero-order chi connectivity index (χ0) is 17.6. The van der Waals surface area contributed by atoms with E-state index in [1.54, 1.807) is 4.57 Å². The number of aliphatic hydroxyl groups excluding tert-OH is 2. The van der Waals surface area contributed by atoms with Crippen LogP contribution in [-0.4, -0.2) is 58.5 Å². The zero-order valence-electron chi connectivity index (χ0n) is 13.6. The van der Waals surface area contributed by atoms with Crippen molar-refractivity contribution in [2.75, 3.05) is 12.3 Å². The number of nitrogens with two attached hydrogens (primary N) is 1. The number of ether oxygens (including phenoxy) is 1. The van der Waals surface area contributed by atoms with E-state index in [9.17, 15) is 15.0 Å². The number of aromatic nitrogens is 4. The van der Waals surface area contributed by atoms with Crippen LogP contribution in [0.2, 0.25) is 0 Å². The quantitative estimate of drug-likeness (QED) is 0.596. The predicted molar refractivity (Wildman–Crippen MR) is 90.7 cm³/mol. The molecule has 0 aromatic carbocycles. The Balaban J connectivity index is 2.07. The maximum Gasteiger partial charge on any atom is 0.280 e. The maximum atomic E-state index is 11.9. The van der Waals surface area contributed by atoms with E-state index in [-0.39, 0.29) is 33.7 Å². The molecule has 0 unspecified atom stereocenters. The Bertz CT molecular complexity index is 799. The molecule has 2 aromatic rings. The Morgan fingerprint density at radius 3 is 2.83 bits per heavy atom. The van der Waals surface area contributed by atoms with Crippen LogP contribution in [0.3, 0.4) is 0 Å². The lowest BCUT2D eigenvalue weighted by molar-refractivity contribution is -0.0430. The normalized spacial score (nSPS) is 27.9. The number of hydrogen-bond acceptors (Lipinski definition) is 8. The van der Waals surface area contributed by atoms with Crippen LogP contribution in [0, 0.1) is 0 Å². The molecular formula is C14H21N5O4S. The molecule has 24 heavy (non-hydrogen) atoms. The van der Waals surface area contributed by atoms with Crippen LogP contribution in [0.25, 0.3) is 11.2 Å². The van der Waals surface area contributed by atoms with E-state index in [0.717, 1.165) is 0 Å². The Labute approximate surface area is 142 Å². The Hall–Kier alpha value is -1.62. The molecule has 1 aliphatic rings. The molecule has 132 valence electrons. The highest BCUT2D eigenvalue weighted by Crippen LogP contribution is 2.43. The van der Waals surface area contributed by atoms with E-state index >= 15 is 0 Å². The maximum absolute atomic E-state index is 11.9. The number of thioether (sulfide) groups is 1. The number of hydrogen-bond donors (Lipinski definition) is 4. The molecule has 0 amide bonds. The predicted octanol–water partition coefficient (Wildman–Crippen LogP) is -0.147. The van der Waals surface area contributed by atoms with Crippen molar-refractivity contribution in [2.24, 2.45) is 0 Å². The van der Waals surface area contributed by atoms with Crippen LogP contribution < -0.4 is 11.3 Å². The van der Waals surface area contributed by atoms with E-state index in [1.807, 2.05) is 20.8 Å². The van der Waals surface area contributed by atoms with Crippen molar-refractivity contribution in [3.8, 4) is 0 Å². The summed E-state index contributed by atoms with van der Waals surface area (Å²) in [5.41, 5.74) is 5.62. The Morgan fingerprint density at radius 2 is 2.21 bits per heavy atom. The summed E-state index contributed by atoms with van der Waals surface area (Å²) in [6.07, 6.45) is -0.757. The van der Waals surface area contributed by atoms with Gasteiger partial charge in [0.05, 0.1) is 24.3 Å². The third-order valence-corrected chi connectivity index (χ3v) is 5.20. The summed E-state index contributed by atoms with van der Waals surface area (Å²) in [4.78, 5) is 22.5. The molecule has 0 radical (unpaired) electrons. The zero-order valence-corrected chi connectivity index (χ0v) is 14.4. The van der Waals surface area contributed by atoms with Gasteiger partial charge < -0.3 is 20.7 Å². The second kappa shape index (κ2) is 6.03. The van der Waals surface area contributed by atoms with Crippen molar-refractivity contribution in [2.45, 2.75) is 49.2 Å². The molecule has 0 saturated carbocycles. The smallest absolute Gasteiger partial charge is 0.280 e. The molecule has 1 aliphatic heterocycles. The number of H-pyrrole nitrogens is 1. The molecule has 10 heteroatoms. The summed E-state index contributed by atoms with van der Waals surface area (Å²) < 4.78 is 7.27. The minimum absolute atomic E-state index is 0.0217. The van der Waals surface area contributed by atoms with E-state index < -0.39 is 24.0 Å². The van der Waals surface area contributed by atoms with Crippen molar-refractivity contribution in [1.29, 1.82) is 0 Å². The van der Waals surface area contributed by atoms with Crippen molar-refractivity contribution < 1.29 is 14.9 Å². The van der Waals surface area contributed by atoms with E-state index in [4.69, 9.17) is 10.5 Å². The second-order valence-electron chi connectivity index (χ2n) is 6.71. The number of nitrogens with one attached hydrogen (secondary N) is 1. The van der Waals surface area contributed by atoms with Crippen LogP contribution >= 0.6 is 11.8 Å². The van der Waals surface area contributed by atoms with Crippen LogP contribution in [0.5, 0.6) is 0 Å². The van der Waals surface area contributed by atoms with Gasteiger partial charge in [0, 0.05) is 4.75 Å². The first-order valence-electron chi connectivity index (χ1n) is 7.56. The third kappa shape index (κ3) is 3.02. The first kappa shape index (κ1) is 17.2. The summed E-state index contributed by atoms with van der Waals surface area (Å²) >= 11 is 1.54. The minimum Gasteiger partial charge on any atom is -0.394 e. The minimum atomic E-state index is -0.860. The van der Waals surface area contributed by atoms with Gasteiger partial charge in [-0.2, -0.15) is 4.98 Å². The van der Waals surface area contributed by atoms with Gasteiger partial charge in [-0.1, -0.05) is 20.8 Å². The first-order chi connectivity index (χ1) is 11.2. The van der Waals surface area contributed by atoms with Gasteiger partial charge in [-0.05, 0) is 0 Å². The highest BCUT2D eigenvalue weighted by Gasteiger charge is 2.46. The van der Waals surface area contributed by atoms with Crippen molar-refractivity contribution in [3.05, 3.63) is 16.7 Å². The highest BCUT2D eigenvalue weighted by molar-refractivity contribution is 8.01. The standard InChI is InChI=1S/C14H21N5O4S/c1-14(2,3)24-9-8(21)6(4-20)23-12(9)19-5-16-7-10(19)17-13(15)18-11(7)22/h5-6,8-9,12,20-21H,4H2,1-3H3,(H3,15,17,18,22)/t6-,8-,9-,12-/m1/s1. The van der Waals surface area contributed by atoms with Gasteiger partial charge in [0.25, 0.3) is 5.56 Å². The summed E-state index contributed by atoms with van der Waals surface area (Å²) in [5.74, 6) is -0.0217. The van der Waals surface area contributed by atoms with Crippen LogP contribution in [0.15, 0.2) is 11.1 Å². The largest absolute Gasteiger partial charge is 0.394 e. The third-order valence-electron chi connectivity index (χ3n) is 3.71. The monoisotopic (exact) mass is 355 g/mol. The van der Waals surface area contributed by atoms with Crippen LogP contribution in [0.1, 0.15) is 27.0 Å². The summed E-state index contributed by atoms with van der Waals surface area (Å²) in [5, 5.41) is 19.6. The van der Waals surface area contributed by atoms with Gasteiger partial charge >= 0.3 is 0 Å². The number of rotatable bonds is 3. The number of aromatic amines is 1. The molecule has 1 fully saturated rings. The van der Waals surface area contributed by atoms with Gasteiger partial charge in [-0.15, -0.1) is 11.8 Å². The average Bonchev–Trinajstić information content (AvgIpc) is 3.00. The average molecular weight is 355 g/mol. The van der Waals surface area contributed by atoms with Crippen molar-refractivity contribution in [1.82, 2.24) is 19.5 Å². The fourth-order valence-corrected chi connectivity index (χ4v) is 4.20. The molecule has 5 N–H and O–H groups in total. The summed E-state index contributed by atoms with van der Waals surface area (Å²) in [7, 11) is 0. The van der Waals surface area contributed by atoms with Crippen LogP contribution in [-0.2, 0) is 4.74 Å². The second-order valence-corrected chi connectivity index (χ2v) is 8.71. The number of aliphatic hydroxyl groups is 2. The lowest BCUT2D eigenvalue weighted by atomic mass is 10.2. The lowest BCUT2D eigenvalue weighted by Crippen LogP contribution is -2.34. The van der Waals surface area contributed by atoms with Gasteiger partial charge in [0.2, 0.25) is 5.95 Å². The number of nitrogen functional groups attached to an aromatic ring is 1. The Kier molecular flexibility index (Phi) is 4.32. The highest BCUT2D eigenvalue weighted by atomic mass is 32.2. The van der Waals surface area contributed by atoms with Gasteiger partial charge in [0.15, 0.2) is 17.4 Å². The van der Waals surface area contributed by atoms with Gasteiger partial charge in [-0.25, -0.2) is 4.98 Å². The summed E-state index contributed by atoms with van der Waals surface area (Å²) in [6, 6.07) is 0. The van der Waals surface area contributed by atoms with E-state index in [0.29, 0.717) is 0 Å². The first-order valence-corrected chi connectivity index (χ1v) is 8.44. The SMILES string of the molecule is CC(C)(C)S[C@@H]1[C@H](O)[C@@H](CO)O[C@H]1n1cnc2c(=O)[nH]c(N)nc21. The van der Waals surface area contributed by atoms with Crippen LogP contribution in [0.4, 0.5) is 5.95 Å². The molecule has 0 bridgehead atoms. The fourth-order valence-electron chi connectivity index (χ4n) is 2.76. The molecule has 9 nitrogen and oxygen atoms in total. The molecule has 2 aromatic heterocycles. The topological polar surface area (TPSA) is 139 Å². The van der Waals surface area contributed by atoms with Crippen molar-refractivity contribution in [3.63, 3.8) is 0 Å². The molecule has 3 rings (SSSR count). The fraction of sp³-hybridized carbons (Fsp3) is 0.643. The molecule has 4 atom stereocenters. The lowest BCUT2D eigenvalue weighted by Gasteiger charge is -2.28. The number of imidazole rings is 1. The molecule has 3 heterocycles. The number of nitrogens with zero attached hydrogens (tertiary/aromatic N) is 3. The van der Waals surface area contributed by atoms with E-state index in [2.05, 4.69) is 15.0 Å². The molecular weight excluding hydrogens is 334 g/mol. The summed E-state index contributed by atoms with van der Waals surface area (Å²) in [6.45, 7) is 5.78. The van der Waals surface area contributed by atoms with E-state index in [1.165, 1.54) is 18.1 Å².